The zero-order valence-corrected chi connectivity index (χ0v) is 15.1. The van der Waals surface area contributed by atoms with E-state index in [0.717, 1.165) is 25.2 Å². The van der Waals surface area contributed by atoms with Crippen molar-refractivity contribution in [2.24, 2.45) is 23.7 Å². The number of piperidine rings is 2. The fraction of sp³-hybridized carbons (Fsp3) is 1.00. The van der Waals surface area contributed by atoms with Gasteiger partial charge in [-0.3, -0.25) is 0 Å². The van der Waals surface area contributed by atoms with Crippen molar-refractivity contribution in [3.63, 3.8) is 0 Å². The third kappa shape index (κ3) is 2.82. The number of aliphatic hydroxyl groups excluding tert-OH is 2. The first-order valence-electron chi connectivity index (χ1n) is 9.88. The van der Waals surface area contributed by atoms with Crippen molar-refractivity contribution in [2.45, 2.75) is 69.0 Å². The molecule has 2 saturated carbocycles. The van der Waals surface area contributed by atoms with Gasteiger partial charge in [-0.15, -0.1) is 0 Å². The van der Waals surface area contributed by atoms with E-state index in [0.29, 0.717) is 23.8 Å². The second-order valence-electron chi connectivity index (χ2n) is 8.75. The summed E-state index contributed by atoms with van der Waals surface area (Å²) in [5.41, 5.74) is 0. The molecule has 0 amide bonds. The number of aliphatic hydroxyl groups is 2. The Hall–Kier alpha value is -0.200. The van der Waals surface area contributed by atoms with Crippen LogP contribution in [0.15, 0.2) is 0 Å². The molecule has 2 aliphatic heterocycles. The Labute approximate surface area is 145 Å². The molecule has 0 bridgehead atoms. The highest BCUT2D eigenvalue weighted by Crippen LogP contribution is 2.43. The lowest BCUT2D eigenvalue weighted by Crippen LogP contribution is -3.20. The Morgan fingerprint density at radius 3 is 2.33 bits per heavy atom. The molecule has 3 N–H and O–H groups in total. The minimum atomic E-state index is -0.515. The van der Waals surface area contributed by atoms with Crippen LogP contribution in [-0.2, 0) is 9.47 Å². The predicted octanol–water partition coefficient (Wildman–Crippen LogP) is -0.148. The van der Waals surface area contributed by atoms with Gasteiger partial charge in [0.1, 0.15) is 0 Å². The van der Waals surface area contributed by atoms with Gasteiger partial charge in [0.25, 0.3) is 0 Å². The minimum Gasteiger partial charge on any atom is -0.390 e. The fourth-order valence-electron chi connectivity index (χ4n) is 6.63. The van der Waals surface area contributed by atoms with Crippen molar-refractivity contribution in [3.05, 3.63) is 0 Å². The van der Waals surface area contributed by atoms with E-state index < -0.39 is 12.2 Å². The number of quaternary nitrogens is 1. The molecule has 5 nitrogen and oxygen atoms in total. The van der Waals surface area contributed by atoms with Crippen molar-refractivity contribution < 1.29 is 24.6 Å². The lowest BCUT2D eigenvalue weighted by atomic mass is 9.62. The number of ether oxygens (including phenoxy) is 2. The summed E-state index contributed by atoms with van der Waals surface area (Å²) in [6, 6.07) is 0.670. The van der Waals surface area contributed by atoms with Gasteiger partial charge in [-0.25, -0.2) is 0 Å². The lowest BCUT2D eigenvalue weighted by Gasteiger charge is -2.54. The summed E-state index contributed by atoms with van der Waals surface area (Å²) >= 11 is 0. The molecule has 138 valence electrons. The third-order valence-corrected chi connectivity index (χ3v) is 7.83. The third-order valence-electron chi connectivity index (χ3n) is 7.83. The first-order chi connectivity index (χ1) is 11.6. The fourth-order valence-corrected chi connectivity index (χ4v) is 6.63. The number of fused-ring (bicyclic) bond motifs is 4. The van der Waals surface area contributed by atoms with Crippen LogP contribution in [0.2, 0.25) is 0 Å². The van der Waals surface area contributed by atoms with Gasteiger partial charge < -0.3 is 24.6 Å². The Morgan fingerprint density at radius 2 is 1.58 bits per heavy atom. The van der Waals surface area contributed by atoms with Gasteiger partial charge in [-0.05, 0) is 43.9 Å². The van der Waals surface area contributed by atoms with Gasteiger partial charge in [-0.1, -0.05) is 0 Å². The summed E-state index contributed by atoms with van der Waals surface area (Å²) in [6.45, 7) is 2.40. The number of nitrogens with one attached hydrogen (secondary N) is 1. The summed E-state index contributed by atoms with van der Waals surface area (Å²) < 4.78 is 11.6. The summed E-state index contributed by atoms with van der Waals surface area (Å²) in [5, 5.41) is 20.2. The summed E-state index contributed by atoms with van der Waals surface area (Å²) in [7, 11) is 3.65. The molecule has 24 heavy (non-hydrogen) atoms. The Morgan fingerprint density at radius 1 is 0.833 bits per heavy atom. The number of hydrogen-bond donors (Lipinski definition) is 3. The van der Waals surface area contributed by atoms with Crippen molar-refractivity contribution in [1.82, 2.24) is 0 Å². The van der Waals surface area contributed by atoms with E-state index in [1.54, 1.807) is 4.90 Å². The maximum atomic E-state index is 10.2. The first kappa shape index (κ1) is 17.2. The molecule has 4 fully saturated rings. The van der Waals surface area contributed by atoms with Crippen LogP contribution in [0.25, 0.3) is 0 Å². The van der Waals surface area contributed by atoms with E-state index in [4.69, 9.17) is 9.47 Å². The van der Waals surface area contributed by atoms with Crippen LogP contribution >= 0.6 is 0 Å². The Kier molecular flexibility index (Phi) is 4.91. The summed E-state index contributed by atoms with van der Waals surface area (Å²) in [6.07, 6.45) is 5.88. The molecule has 10 unspecified atom stereocenters. The highest BCUT2D eigenvalue weighted by molar-refractivity contribution is 4.97. The van der Waals surface area contributed by atoms with E-state index >= 15 is 0 Å². The van der Waals surface area contributed by atoms with Crippen LogP contribution in [-0.4, -0.2) is 68.0 Å². The quantitative estimate of drug-likeness (QED) is 0.654. The SMILES string of the molecule is COC1CCC2CC3C4CC(O)C(O)CC4CC[NH+]3CC2C1OC. The highest BCUT2D eigenvalue weighted by atomic mass is 16.5. The Bertz CT molecular complexity index is 447. The van der Waals surface area contributed by atoms with E-state index in [2.05, 4.69) is 0 Å². The smallest absolute Gasteiger partial charge is 0.0917 e. The zero-order chi connectivity index (χ0) is 16.8. The summed E-state index contributed by atoms with van der Waals surface area (Å²) in [4.78, 5) is 1.72. The van der Waals surface area contributed by atoms with Gasteiger partial charge in [0.2, 0.25) is 0 Å². The van der Waals surface area contributed by atoms with Gasteiger partial charge in [0.05, 0.1) is 43.5 Å². The minimum absolute atomic E-state index is 0.235. The molecule has 2 heterocycles. The monoisotopic (exact) mass is 340 g/mol. The van der Waals surface area contributed by atoms with Crippen LogP contribution in [0.5, 0.6) is 0 Å². The van der Waals surface area contributed by atoms with Crippen LogP contribution in [0.4, 0.5) is 0 Å². The van der Waals surface area contributed by atoms with Gasteiger partial charge >= 0.3 is 0 Å². The molecule has 2 aliphatic carbocycles. The number of methoxy groups -OCH3 is 2. The standard InChI is InChI=1S/C19H33NO4/c1-23-18-4-3-11-7-15-13-9-17(22)16(21)8-12(13)5-6-20(15)10-14(11)19(18)24-2/h11-19,21-22H,3-10H2,1-2H3/p+1. The molecule has 0 aromatic rings. The largest absolute Gasteiger partial charge is 0.390 e. The molecule has 4 aliphatic rings. The molecular formula is C19H34NO4+. The normalized spacial score (nSPS) is 54.5. The molecule has 0 aromatic carbocycles. The van der Waals surface area contributed by atoms with Crippen molar-refractivity contribution in [1.29, 1.82) is 0 Å². The van der Waals surface area contributed by atoms with Crippen LogP contribution in [0, 0.1) is 23.7 Å². The highest BCUT2D eigenvalue weighted by Gasteiger charge is 2.53. The van der Waals surface area contributed by atoms with Crippen molar-refractivity contribution in [3.8, 4) is 0 Å². The second kappa shape index (κ2) is 6.84. The van der Waals surface area contributed by atoms with Gasteiger partial charge in [0, 0.05) is 32.5 Å². The van der Waals surface area contributed by atoms with Crippen molar-refractivity contribution in [2.75, 3.05) is 27.3 Å². The zero-order valence-electron chi connectivity index (χ0n) is 15.1. The number of hydrogen-bond acceptors (Lipinski definition) is 4. The van der Waals surface area contributed by atoms with Gasteiger partial charge in [0.15, 0.2) is 0 Å². The maximum Gasteiger partial charge on any atom is 0.0917 e. The predicted molar refractivity (Wildman–Crippen MR) is 89.8 cm³/mol. The average Bonchev–Trinajstić information content (AvgIpc) is 2.60. The molecule has 0 aromatic heterocycles. The average molecular weight is 340 g/mol. The summed E-state index contributed by atoms with van der Waals surface area (Å²) in [5.74, 6) is 2.55. The van der Waals surface area contributed by atoms with Crippen molar-refractivity contribution >= 4 is 0 Å². The molecule has 4 rings (SSSR count). The van der Waals surface area contributed by atoms with E-state index in [1.807, 2.05) is 14.2 Å². The first-order valence-corrected chi connectivity index (χ1v) is 9.88. The molecular weight excluding hydrogens is 306 g/mol. The molecule has 10 atom stereocenters. The molecule has 5 heteroatoms. The molecule has 0 radical (unpaired) electrons. The molecule has 2 saturated heterocycles. The van der Waals surface area contributed by atoms with E-state index in [9.17, 15) is 10.2 Å². The van der Waals surface area contributed by atoms with Crippen LogP contribution < -0.4 is 4.90 Å². The topological polar surface area (TPSA) is 63.4 Å². The lowest BCUT2D eigenvalue weighted by molar-refractivity contribution is -0.948. The van der Waals surface area contributed by atoms with Gasteiger partial charge in [-0.2, -0.15) is 0 Å². The molecule has 0 spiro atoms. The van der Waals surface area contributed by atoms with Crippen LogP contribution in [0.3, 0.4) is 0 Å². The Balaban J connectivity index is 1.50. The van der Waals surface area contributed by atoms with E-state index in [-0.39, 0.29) is 12.2 Å². The number of rotatable bonds is 2. The van der Waals surface area contributed by atoms with Crippen LogP contribution in [0.1, 0.15) is 38.5 Å². The second-order valence-corrected chi connectivity index (χ2v) is 8.75. The van der Waals surface area contributed by atoms with E-state index in [1.165, 1.54) is 32.4 Å². The maximum absolute atomic E-state index is 10.2.